The van der Waals surface area contributed by atoms with Crippen LogP contribution in [0.4, 0.5) is 36.4 Å². The zero-order valence-electron chi connectivity index (χ0n) is 21.9. The molecule has 14 heteroatoms. The molecule has 0 unspecified atom stereocenters. The average molecular weight is 552 g/mol. The Labute approximate surface area is 225 Å². The van der Waals surface area contributed by atoms with E-state index in [4.69, 9.17) is 24.9 Å². The summed E-state index contributed by atoms with van der Waals surface area (Å²) in [5, 5.41) is 18.4. The molecule has 0 radical (unpaired) electrons. The van der Waals surface area contributed by atoms with Crippen molar-refractivity contribution < 1.29 is 22.6 Å². The summed E-state index contributed by atoms with van der Waals surface area (Å²) in [6, 6.07) is 1.67. The van der Waals surface area contributed by atoms with Crippen molar-refractivity contribution in [3.8, 4) is 0 Å². The minimum atomic E-state index is -4.41. The van der Waals surface area contributed by atoms with E-state index in [9.17, 15) is 13.2 Å². The second-order valence-electron chi connectivity index (χ2n) is 9.64. The predicted molar refractivity (Wildman–Crippen MR) is 142 cm³/mol. The van der Waals surface area contributed by atoms with Gasteiger partial charge in [0.25, 0.3) is 0 Å². The van der Waals surface area contributed by atoms with E-state index in [0.29, 0.717) is 54.6 Å². The zero-order valence-corrected chi connectivity index (χ0v) is 21.9. The van der Waals surface area contributed by atoms with Crippen molar-refractivity contribution in [1.82, 2.24) is 25.3 Å². The van der Waals surface area contributed by atoms with Gasteiger partial charge in [0.15, 0.2) is 5.82 Å². The Kier molecular flexibility index (Phi) is 10.6. The lowest BCUT2D eigenvalue weighted by molar-refractivity contribution is -0.172. The van der Waals surface area contributed by atoms with Gasteiger partial charge in [-0.05, 0) is 24.8 Å². The van der Waals surface area contributed by atoms with Crippen LogP contribution in [0.2, 0.25) is 0 Å². The normalized spacial score (nSPS) is 16.7. The highest BCUT2D eigenvalue weighted by atomic mass is 19.4. The molecule has 2 aromatic heterocycles. The molecule has 4 N–H and O–H groups in total. The van der Waals surface area contributed by atoms with E-state index in [-0.39, 0.29) is 25.5 Å². The summed E-state index contributed by atoms with van der Waals surface area (Å²) >= 11 is 0. The van der Waals surface area contributed by atoms with Crippen LogP contribution in [-0.4, -0.2) is 91.0 Å². The van der Waals surface area contributed by atoms with E-state index in [1.54, 1.807) is 12.3 Å². The molecular weight excluding hydrogens is 515 g/mol. The van der Waals surface area contributed by atoms with Crippen molar-refractivity contribution in [2.75, 3.05) is 74.7 Å². The molecule has 3 heterocycles. The van der Waals surface area contributed by atoms with Crippen LogP contribution in [0.5, 0.6) is 0 Å². The minimum absolute atomic E-state index is 0.0497. The molecule has 2 aliphatic rings. The molecule has 1 saturated heterocycles. The predicted octanol–water partition coefficient (Wildman–Crippen LogP) is 3.38. The number of hydrogen-bond acceptors (Lipinski definition) is 11. The van der Waals surface area contributed by atoms with E-state index in [2.05, 4.69) is 25.9 Å². The van der Waals surface area contributed by atoms with Crippen LogP contribution in [0, 0.1) is 11.3 Å². The molecule has 0 amide bonds. The van der Waals surface area contributed by atoms with Crippen LogP contribution < -0.4 is 20.9 Å². The van der Waals surface area contributed by atoms with E-state index in [1.165, 1.54) is 25.6 Å². The highest BCUT2D eigenvalue weighted by molar-refractivity contribution is 6.04. The lowest BCUT2D eigenvalue weighted by Gasteiger charge is -2.29. The molecule has 1 saturated carbocycles. The Hall–Kier alpha value is -3.10. The third kappa shape index (κ3) is 9.25. The fourth-order valence-corrected chi connectivity index (χ4v) is 4.60. The first-order valence-electron chi connectivity index (χ1n) is 13.3. The van der Waals surface area contributed by atoms with Gasteiger partial charge in [-0.1, -0.05) is 19.3 Å². The number of rotatable bonds is 13. The summed E-state index contributed by atoms with van der Waals surface area (Å²) in [4.78, 5) is 19.6. The maximum atomic E-state index is 12.5. The highest BCUT2D eigenvalue weighted by Crippen LogP contribution is 2.29. The summed E-state index contributed by atoms with van der Waals surface area (Å²) < 4.78 is 48.3. The molecule has 39 heavy (non-hydrogen) atoms. The first kappa shape index (κ1) is 28.9. The molecule has 11 nitrogen and oxygen atoms in total. The molecule has 1 aliphatic heterocycles. The molecule has 0 spiro atoms. The Bertz CT molecular complexity index is 1050. The maximum Gasteiger partial charge on any atom is 0.411 e. The third-order valence-electron chi connectivity index (χ3n) is 6.55. The molecule has 4 rings (SSSR count). The van der Waals surface area contributed by atoms with Crippen LogP contribution in [0.3, 0.4) is 0 Å². The Balaban J connectivity index is 1.57. The highest BCUT2D eigenvalue weighted by Gasteiger charge is 2.27. The monoisotopic (exact) mass is 551 g/mol. The molecular formula is C25H36F3N9O2. The van der Waals surface area contributed by atoms with Crippen LogP contribution in [0.15, 0.2) is 18.6 Å². The third-order valence-corrected chi connectivity index (χ3v) is 6.55. The van der Waals surface area contributed by atoms with Gasteiger partial charge in [0, 0.05) is 45.5 Å². The first-order chi connectivity index (χ1) is 18.9. The number of hydrogen-bond donors (Lipinski definition) is 4. The van der Waals surface area contributed by atoms with Gasteiger partial charge < -0.3 is 35.7 Å². The van der Waals surface area contributed by atoms with Gasteiger partial charge in [0.2, 0.25) is 5.95 Å². The lowest BCUT2D eigenvalue weighted by atomic mass is 9.90. The second-order valence-corrected chi connectivity index (χ2v) is 9.64. The number of nitrogens with one attached hydrogen (secondary N) is 4. The summed E-state index contributed by atoms with van der Waals surface area (Å²) in [5.41, 5.74) is 0.831. The standard InChI is InChI=1S/C25H36F3N9O2/c26-25(27,28)16-38-13-10-32-22-21(19(29)15-39-14-18-4-2-1-3-5-18)35-24(37-11-8-30-9-12-37)36-23(22)34-20-6-7-31-17-33-20/h6-7,17-18,29-30,32H,1-5,8-16H2,(H,31,33,34,35,36). The van der Waals surface area contributed by atoms with Gasteiger partial charge in [-0.3, -0.25) is 0 Å². The molecule has 0 bridgehead atoms. The average Bonchev–Trinajstić information content (AvgIpc) is 2.94. The molecule has 0 aromatic carbocycles. The van der Waals surface area contributed by atoms with Crippen LogP contribution in [0.25, 0.3) is 0 Å². The topological polar surface area (TPSA) is 133 Å². The summed E-state index contributed by atoms with van der Waals surface area (Å²) in [7, 11) is 0. The van der Waals surface area contributed by atoms with E-state index >= 15 is 0 Å². The zero-order chi connectivity index (χ0) is 27.5. The summed E-state index contributed by atoms with van der Waals surface area (Å²) in [6.07, 6.45) is 4.48. The number of halogens is 3. The minimum Gasteiger partial charge on any atom is -0.378 e. The number of alkyl halides is 3. The quantitative estimate of drug-likeness (QED) is 0.217. The number of aromatic nitrogens is 4. The SMILES string of the molecule is N=C(COCC1CCCCC1)c1nc(N2CCNCC2)nc(Nc2ccncn2)c1NCCOCC(F)(F)F. The number of nitrogens with zero attached hydrogens (tertiary/aromatic N) is 5. The second kappa shape index (κ2) is 14.3. The summed E-state index contributed by atoms with van der Waals surface area (Å²) in [5.74, 6) is 1.75. The number of anilines is 4. The van der Waals surface area contributed by atoms with Crippen LogP contribution >= 0.6 is 0 Å². The van der Waals surface area contributed by atoms with Crippen LogP contribution in [0.1, 0.15) is 37.8 Å². The molecule has 2 aromatic rings. The van der Waals surface area contributed by atoms with E-state index < -0.39 is 12.8 Å². The largest absolute Gasteiger partial charge is 0.411 e. The lowest BCUT2D eigenvalue weighted by Crippen LogP contribution is -2.44. The molecule has 214 valence electrons. The number of ether oxygens (including phenoxy) is 2. The summed E-state index contributed by atoms with van der Waals surface area (Å²) in [6.45, 7) is 2.07. The van der Waals surface area contributed by atoms with E-state index in [0.717, 1.165) is 25.9 Å². The molecule has 2 fully saturated rings. The Morgan fingerprint density at radius 2 is 1.92 bits per heavy atom. The van der Waals surface area contributed by atoms with Crippen molar-refractivity contribution in [2.24, 2.45) is 5.92 Å². The molecule has 0 atom stereocenters. The first-order valence-corrected chi connectivity index (χ1v) is 13.3. The van der Waals surface area contributed by atoms with Crippen molar-refractivity contribution in [3.05, 3.63) is 24.3 Å². The van der Waals surface area contributed by atoms with Gasteiger partial charge >= 0.3 is 6.18 Å². The smallest absolute Gasteiger partial charge is 0.378 e. The van der Waals surface area contributed by atoms with Gasteiger partial charge in [0.1, 0.15) is 30.1 Å². The number of piperazine rings is 1. The maximum absolute atomic E-state index is 12.5. The van der Waals surface area contributed by atoms with Gasteiger partial charge in [0.05, 0.1) is 18.9 Å². The van der Waals surface area contributed by atoms with Gasteiger partial charge in [-0.15, -0.1) is 0 Å². The van der Waals surface area contributed by atoms with Crippen molar-refractivity contribution in [1.29, 1.82) is 5.41 Å². The Morgan fingerprint density at radius 3 is 2.64 bits per heavy atom. The van der Waals surface area contributed by atoms with Crippen molar-refractivity contribution >= 4 is 29.0 Å². The van der Waals surface area contributed by atoms with Gasteiger partial charge in [-0.2, -0.15) is 18.2 Å². The van der Waals surface area contributed by atoms with Crippen molar-refractivity contribution in [2.45, 2.75) is 38.3 Å². The van der Waals surface area contributed by atoms with Crippen LogP contribution in [-0.2, 0) is 9.47 Å². The molecule has 1 aliphatic carbocycles. The van der Waals surface area contributed by atoms with E-state index in [1.807, 2.05) is 4.90 Å². The Morgan fingerprint density at radius 1 is 1.13 bits per heavy atom. The fraction of sp³-hybridized carbons (Fsp3) is 0.640. The van der Waals surface area contributed by atoms with Gasteiger partial charge in [-0.25, -0.2) is 15.0 Å². The van der Waals surface area contributed by atoms with Crippen molar-refractivity contribution in [3.63, 3.8) is 0 Å². The fourth-order valence-electron chi connectivity index (χ4n) is 4.60.